The van der Waals surface area contributed by atoms with Crippen LogP contribution in [0.5, 0.6) is 11.5 Å². The van der Waals surface area contributed by atoms with Crippen molar-refractivity contribution in [3.8, 4) is 11.5 Å². The normalized spacial score (nSPS) is 14.2. The number of halogens is 1. The molecule has 32 heavy (non-hydrogen) atoms. The molecule has 7 heteroatoms. The SMILES string of the molecule is COc1cc(/C=C/C(=O)N2CCN(c3cc(C)c4ccccc4n3)CC2)cc(Br)c1OC. The Labute approximate surface area is 196 Å². The number of aryl methyl sites for hydroxylation is 1. The number of benzene rings is 2. The Morgan fingerprint density at radius 2 is 1.81 bits per heavy atom. The number of anilines is 1. The molecule has 0 unspecified atom stereocenters. The van der Waals surface area contributed by atoms with Crippen LogP contribution in [0, 0.1) is 6.92 Å². The molecule has 0 bridgehead atoms. The van der Waals surface area contributed by atoms with Crippen molar-refractivity contribution < 1.29 is 14.3 Å². The average Bonchev–Trinajstić information content (AvgIpc) is 2.82. The van der Waals surface area contributed by atoms with Crippen molar-refractivity contribution in [1.82, 2.24) is 9.88 Å². The molecule has 1 aromatic heterocycles. The van der Waals surface area contributed by atoms with Crippen molar-refractivity contribution in [3.05, 3.63) is 64.1 Å². The van der Waals surface area contributed by atoms with Crippen LogP contribution in [0.4, 0.5) is 5.82 Å². The van der Waals surface area contributed by atoms with Gasteiger partial charge in [-0.1, -0.05) is 18.2 Å². The summed E-state index contributed by atoms with van der Waals surface area (Å²) in [5, 5.41) is 1.18. The van der Waals surface area contributed by atoms with Crippen LogP contribution in [0.3, 0.4) is 0 Å². The van der Waals surface area contributed by atoms with E-state index in [0.29, 0.717) is 24.6 Å². The highest BCUT2D eigenvalue weighted by Gasteiger charge is 2.21. The minimum absolute atomic E-state index is 0.00166. The number of ether oxygens (including phenoxy) is 2. The number of piperazine rings is 1. The molecule has 1 saturated heterocycles. The third-order valence-electron chi connectivity index (χ3n) is 5.70. The van der Waals surface area contributed by atoms with Gasteiger partial charge in [0.05, 0.1) is 24.2 Å². The molecule has 0 saturated carbocycles. The van der Waals surface area contributed by atoms with Crippen LogP contribution in [0.25, 0.3) is 17.0 Å². The fourth-order valence-electron chi connectivity index (χ4n) is 3.96. The predicted octanol–water partition coefficient (Wildman–Crippen LogP) is 4.68. The molecule has 1 fully saturated rings. The third-order valence-corrected chi connectivity index (χ3v) is 6.29. The van der Waals surface area contributed by atoms with Crippen LogP contribution in [-0.4, -0.2) is 56.2 Å². The van der Waals surface area contributed by atoms with Crippen LogP contribution >= 0.6 is 15.9 Å². The van der Waals surface area contributed by atoms with E-state index in [1.54, 1.807) is 26.4 Å². The predicted molar refractivity (Wildman–Crippen MR) is 132 cm³/mol. The zero-order valence-corrected chi connectivity index (χ0v) is 20.1. The maximum Gasteiger partial charge on any atom is 0.246 e. The molecule has 166 valence electrons. The number of carbonyl (C=O) groups is 1. The van der Waals surface area contributed by atoms with E-state index in [9.17, 15) is 4.79 Å². The van der Waals surface area contributed by atoms with Crippen molar-refractivity contribution in [2.75, 3.05) is 45.3 Å². The van der Waals surface area contributed by atoms with Crippen molar-refractivity contribution in [3.63, 3.8) is 0 Å². The second kappa shape index (κ2) is 9.61. The van der Waals surface area contributed by atoms with Crippen molar-refractivity contribution in [2.24, 2.45) is 0 Å². The minimum Gasteiger partial charge on any atom is -0.493 e. The Hall–Kier alpha value is -3.06. The van der Waals surface area contributed by atoms with E-state index in [4.69, 9.17) is 14.5 Å². The van der Waals surface area contributed by atoms with Crippen molar-refractivity contribution in [2.45, 2.75) is 6.92 Å². The number of pyridine rings is 1. The van der Waals surface area contributed by atoms with Crippen LogP contribution in [-0.2, 0) is 4.79 Å². The average molecular weight is 496 g/mol. The lowest BCUT2D eigenvalue weighted by atomic mass is 10.1. The highest BCUT2D eigenvalue weighted by molar-refractivity contribution is 9.10. The van der Waals surface area contributed by atoms with Gasteiger partial charge >= 0.3 is 0 Å². The topological polar surface area (TPSA) is 54.9 Å². The molecule has 1 aliphatic heterocycles. The van der Waals surface area contributed by atoms with E-state index in [1.165, 1.54) is 10.9 Å². The maximum atomic E-state index is 12.7. The molecule has 0 spiro atoms. The first-order chi connectivity index (χ1) is 15.5. The number of para-hydroxylation sites is 1. The summed E-state index contributed by atoms with van der Waals surface area (Å²) < 4.78 is 11.5. The Kier molecular flexibility index (Phi) is 6.65. The summed E-state index contributed by atoms with van der Waals surface area (Å²) in [4.78, 5) is 21.7. The third kappa shape index (κ3) is 4.58. The van der Waals surface area contributed by atoms with Gasteiger partial charge in [0.15, 0.2) is 11.5 Å². The van der Waals surface area contributed by atoms with Gasteiger partial charge < -0.3 is 19.3 Å². The van der Waals surface area contributed by atoms with Gasteiger partial charge in [-0.25, -0.2) is 4.98 Å². The highest BCUT2D eigenvalue weighted by Crippen LogP contribution is 2.36. The summed E-state index contributed by atoms with van der Waals surface area (Å²) in [5.41, 5.74) is 3.08. The van der Waals surface area contributed by atoms with Crippen LogP contribution in [0.1, 0.15) is 11.1 Å². The Balaban J connectivity index is 1.41. The van der Waals surface area contributed by atoms with E-state index in [-0.39, 0.29) is 5.91 Å². The van der Waals surface area contributed by atoms with Crippen molar-refractivity contribution >= 4 is 44.6 Å². The Bertz CT molecular complexity index is 1170. The number of hydrogen-bond acceptors (Lipinski definition) is 5. The summed E-state index contributed by atoms with van der Waals surface area (Å²) in [5.74, 6) is 2.21. The number of fused-ring (bicyclic) bond motifs is 1. The van der Waals surface area contributed by atoms with Crippen LogP contribution in [0.15, 0.2) is 53.0 Å². The second-order valence-electron chi connectivity index (χ2n) is 7.70. The first kappa shape index (κ1) is 22.1. The molecule has 4 rings (SSSR count). The first-order valence-electron chi connectivity index (χ1n) is 10.5. The number of nitrogens with zero attached hydrogens (tertiary/aromatic N) is 3. The lowest BCUT2D eigenvalue weighted by molar-refractivity contribution is -0.126. The summed E-state index contributed by atoms with van der Waals surface area (Å²) in [7, 11) is 3.18. The van der Waals surface area contributed by atoms with E-state index < -0.39 is 0 Å². The molecule has 0 N–H and O–H groups in total. The number of rotatable bonds is 5. The number of carbonyl (C=O) groups excluding carboxylic acids is 1. The quantitative estimate of drug-likeness (QED) is 0.480. The van der Waals surface area contributed by atoms with Crippen LogP contribution in [0.2, 0.25) is 0 Å². The standard InChI is InChI=1S/C25H26BrN3O3/c1-17-14-23(27-21-7-5-4-6-19(17)21)28-10-12-29(13-11-28)24(30)9-8-18-15-20(26)25(32-3)22(16-18)31-2/h4-9,14-16H,10-13H2,1-3H3/b9-8+. The van der Waals surface area contributed by atoms with Gasteiger partial charge in [0, 0.05) is 37.6 Å². The summed E-state index contributed by atoms with van der Waals surface area (Å²) >= 11 is 3.49. The van der Waals surface area contributed by atoms with Gasteiger partial charge in [0.25, 0.3) is 0 Å². The number of methoxy groups -OCH3 is 2. The number of aromatic nitrogens is 1. The molecule has 1 amide bonds. The lowest BCUT2D eigenvalue weighted by Gasteiger charge is -2.35. The van der Waals surface area contributed by atoms with Gasteiger partial charge in [-0.15, -0.1) is 0 Å². The largest absolute Gasteiger partial charge is 0.493 e. The van der Waals surface area contributed by atoms with Crippen molar-refractivity contribution in [1.29, 1.82) is 0 Å². The van der Waals surface area contributed by atoms with Gasteiger partial charge in [-0.05, 0) is 64.3 Å². The summed E-state index contributed by atoms with van der Waals surface area (Å²) in [6, 6.07) is 14.1. The number of amides is 1. The second-order valence-corrected chi connectivity index (χ2v) is 8.55. The highest BCUT2D eigenvalue weighted by atomic mass is 79.9. The molecule has 6 nitrogen and oxygen atoms in total. The van der Waals surface area contributed by atoms with E-state index in [2.05, 4.69) is 39.9 Å². The van der Waals surface area contributed by atoms with Gasteiger partial charge in [0.2, 0.25) is 5.91 Å². The smallest absolute Gasteiger partial charge is 0.246 e. The summed E-state index contributed by atoms with van der Waals surface area (Å²) in [6.07, 6.45) is 3.41. The molecule has 0 radical (unpaired) electrons. The maximum absolute atomic E-state index is 12.7. The number of hydrogen-bond donors (Lipinski definition) is 0. The Morgan fingerprint density at radius 3 is 2.53 bits per heavy atom. The molecule has 0 aliphatic carbocycles. The molecule has 1 aliphatic rings. The molecule has 0 atom stereocenters. The first-order valence-corrected chi connectivity index (χ1v) is 11.3. The Morgan fingerprint density at radius 1 is 1.06 bits per heavy atom. The van der Waals surface area contributed by atoms with Crippen LogP contribution < -0.4 is 14.4 Å². The molecule has 2 heterocycles. The van der Waals surface area contributed by atoms with E-state index >= 15 is 0 Å². The fraction of sp³-hybridized carbons (Fsp3) is 0.280. The van der Waals surface area contributed by atoms with Gasteiger partial charge in [-0.2, -0.15) is 0 Å². The molecule has 2 aromatic carbocycles. The van der Waals surface area contributed by atoms with Gasteiger partial charge in [-0.3, -0.25) is 4.79 Å². The zero-order chi connectivity index (χ0) is 22.7. The molecular formula is C25H26BrN3O3. The zero-order valence-electron chi connectivity index (χ0n) is 18.5. The lowest BCUT2D eigenvalue weighted by Crippen LogP contribution is -2.48. The molecular weight excluding hydrogens is 470 g/mol. The van der Waals surface area contributed by atoms with E-state index in [1.807, 2.05) is 35.2 Å². The monoisotopic (exact) mass is 495 g/mol. The van der Waals surface area contributed by atoms with E-state index in [0.717, 1.165) is 34.5 Å². The summed E-state index contributed by atoms with van der Waals surface area (Å²) in [6.45, 7) is 4.95. The van der Waals surface area contributed by atoms with Gasteiger partial charge in [0.1, 0.15) is 5.82 Å². The molecule has 3 aromatic rings. The fourth-order valence-corrected chi connectivity index (χ4v) is 4.58. The minimum atomic E-state index is -0.00166.